The number of carbonyl (C=O) groups excluding carboxylic acids is 1. The third-order valence-electron chi connectivity index (χ3n) is 4.54. The van der Waals surface area contributed by atoms with Gasteiger partial charge < -0.3 is 20.2 Å². The minimum atomic E-state index is -3.58. The Morgan fingerprint density at radius 2 is 1.81 bits per heavy atom. The molecular formula is C18H20N2O6S. The number of benzene rings is 2. The normalized spacial score (nSPS) is 16.7. The van der Waals surface area contributed by atoms with Gasteiger partial charge >= 0.3 is 0 Å². The van der Waals surface area contributed by atoms with Crippen LogP contribution in [0.1, 0.15) is 29.5 Å². The fourth-order valence-corrected chi connectivity index (χ4v) is 3.83. The Kier molecular flexibility index (Phi) is 4.64. The molecule has 0 radical (unpaired) electrons. The van der Waals surface area contributed by atoms with Crippen molar-refractivity contribution in [3.63, 3.8) is 0 Å². The summed E-state index contributed by atoms with van der Waals surface area (Å²) in [5, 5.41) is 29.6. The van der Waals surface area contributed by atoms with Crippen molar-refractivity contribution in [2.24, 2.45) is 0 Å². The van der Waals surface area contributed by atoms with Crippen LogP contribution in [0, 0.1) is 0 Å². The zero-order valence-corrected chi connectivity index (χ0v) is 15.6. The third-order valence-corrected chi connectivity index (χ3v) is 5.13. The predicted octanol–water partition coefficient (Wildman–Crippen LogP) is 1.67. The van der Waals surface area contributed by atoms with E-state index in [2.05, 4.69) is 4.72 Å². The number of hydrogen-bond acceptors (Lipinski definition) is 6. The first-order valence-corrected chi connectivity index (χ1v) is 10.1. The molecule has 0 saturated heterocycles. The van der Waals surface area contributed by atoms with Gasteiger partial charge in [-0.1, -0.05) is 6.07 Å². The van der Waals surface area contributed by atoms with Crippen LogP contribution in [0.5, 0.6) is 17.2 Å². The van der Waals surface area contributed by atoms with Gasteiger partial charge in [0.15, 0.2) is 11.5 Å². The number of carbonyl (C=O) groups is 1. The molecule has 1 amide bonds. The van der Waals surface area contributed by atoms with E-state index < -0.39 is 10.0 Å². The molecule has 0 aliphatic carbocycles. The molecule has 144 valence electrons. The lowest BCUT2D eigenvalue weighted by Gasteiger charge is -2.35. The van der Waals surface area contributed by atoms with Gasteiger partial charge in [-0.3, -0.25) is 9.52 Å². The topological polar surface area (TPSA) is 127 Å². The minimum absolute atomic E-state index is 0.0361. The zero-order chi connectivity index (χ0) is 19.9. The molecule has 4 N–H and O–H groups in total. The summed E-state index contributed by atoms with van der Waals surface area (Å²) in [5.41, 5.74) is 2.08. The molecule has 1 atom stereocenters. The first-order chi connectivity index (χ1) is 12.5. The Morgan fingerprint density at radius 3 is 2.41 bits per heavy atom. The van der Waals surface area contributed by atoms with E-state index in [1.165, 1.54) is 31.2 Å². The molecule has 2 aromatic rings. The molecule has 9 heteroatoms. The summed E-state index contributed by atoms with van der Waals surface area (Å²) < 4.78 is 25.3. The number of sulfonamides is 1. The van der Waals surface area contributed by atoms with E-state index in [1.54, 1.807) is 11.0 Å². The standard InChI is InChI=1S/C18H20N2O6S/c1-10(21)20-8-12-5-15(19-27(2,25)26)17(23)7-13(12)14(9-20)11-3-4-16(22)18(24)6-11/h3-7,14,19,22-24H,8-9H2,1-2H3. The molecular weight excluding hydrogens is 372 g/mol. The number of aromatic hydroxyl groups is 3. The lowest BCUT2D eigenvalue weighted by atomic mass is 9.84. The molecule has 0 bridgehead atoms. The first-order valence-electron chi connectivity index (χ1n) is 8.16. The molecule has 8 nitrogen and oxygen atoms in total. The van der Waals surface area contributed by atoms with Crippen molar-refractivity contribution >= 4 is 21.6 Å². The van der Waals surface area contributed by atoms with Crippen LogP contribution in [0.25, 0.3) is 0 Å². The predicted molar refractivity (Wildman–Crippen MR) is 99.3 cm³/mol. The van der Waals surface area contributed by atoms with Crippen LogP contribution in [0.2, 0.25) is 0 Å². The molecule has 27 heavy (non-hydrogen) atoms. The lowest BCUT2D eigenvalue weighted by molar-refractivity contribution is -0.129. The molecule has 2 aromatic carbocycles. The van der Waals surface area contributed by atoms with E-state index in [1.807, 2.05) is 0 Å². The third kappa shape index (κ3) is 3.92. The Labute approximate surface area is 156 Å². The minimum Gasteiger partial charge on any atom is -0.506 e. The van der Waals surface area contributed by atoms with E-state index in [9.17, 15) is 28.5 Å². The van der Waals surface area contributed by atoms with Crippen molar-refractivity contribution in [3.05, 3.63) is 47.0 Å². The highest BCUT2D eigenvalue weighted by molar-refractivity contribution is 7.92. The van der Waals surface area contributed by atoms with Gasteiger partial charge in [-0.25, -0.2) is 8.42 Å². The molecule has 0 fully saturated rings. The molecule has 0 aromatic heterocycles. The van der Waals surface area contributed by atoms with E-state index in [-0.39, 0.29) is 41.3 Å². The first kappa shape index (κ1) is 18.8. The van der Waals surface area contributed by atoms with Crippen molar-refractivity contribution in [1.82, 2.24) is 4.90 Å². The van der Waals surface area contributed by atoms with Crippen LogP contribution in [0.3, 0.4) is 0 Å². The van der Waals surface area contributed by atoms with Gasteiger partial charge in [0.1, 0.15) is 5.75 Å². The average Bonchev–Trinajstić information content (AvgIpc) is 2.56. The van der Waals surface area contributed by atoms with Crippen molar-refractivity contribution < 1.29 is 28.5 Å². The Bertz CT molecular complexity index is 1020. The van der Waals surface area contributed by atoms with Gasteiger partial charge in [0.25, 0.3) is 0 Å². The molecule has 0 saturated carbocycles. The highest BCUT2D eigenvalue weighted by Crippen LogP contribution is 2.40. The largest absolute Gasteiger partial charge is 0.506 e. The SMILES string of the molecule is CC(=O)N1Cc2cc(NS(C)(=O)=O)c(O)cc2C(c2ccc(O)c(O)c2)C1. The number of nitrogens with one attached hydrogen (secondary N) is 1. The van der Waals surface area contributed by atoms with Gasteiger partial charge in [-0.15, -0.1) is 0 Å². The summed E-state index contributed by atoms with van der Waals surface area (Å²) in [6.45, 7) is 2.03. The maximum absolute atomic E-state index is 12.0. The van der Waals surface area contributed by atoms with E-state index in [0.717, 1.165) is 6.26 Å². The summed E-state index contributed by atoms with van der Waals surface area (Å²) >= 11 is 0. The Morgan fingerprint density at radius 1 is 1.11 bits per heavy atom. The number of anilines is 1. The van der Waals surface area contributed by atoms with Crippen LogP contribution in [-0.2, 0) is 21.4 Å². The second-order valence-electron chi connectivity index (χ2n) is 6.64. The average molecular weight is 392 g/mol. The van der Waals surface area contributed by atoms with Crippen molar-refractivity contribution in [2.75, 3.05) is 17.5 Å². The summed E-state index contributed by atoms with van der Waals surface area (Å²) in [6, 6.07) is 7.37. The monoisotopic (exact) mass is 392 g/mol. The van der Waals surface area contributed by atoms with Gasteiger partial charge in [-0.05, 0) is 41.0 Å². The highest BCUT2D eigenvalue weighted by Gasteiger charge is 2.30. The summed E-state index contributed by atoms with van der Waals surface area (Å²) in [7, 11) is -3.58. The van der Waals surface area contributed by atoms with Gasteiger partial charge in [-0.2, -0.15) is 0 Å². The van der Waals surface area contributed by atoms with Gasteiger partial charge in [0.2, 0.25) is 15.9 Å². The van der Waals surface area contributed by atoms with Crippen LogP contribution < -0.4 is 4.72 Å². The van der Waals surface area contributed by atoms with E-state index >= 15 is 0 Å². The number of rotatable bonds is 3. The molecule has 1 heterocycles. The number of nitrogens with zero attached hydrogens (tertiary/aromatic N) is 1. The Balaban J connectivity index is 2.13. The van der Waals surface area contributed by atoms with Crippen LogP contribution in [-0.4, -0.2) is 47.3 Å². The van der Waals surface area contributed by atoms with Crippen molar-refractivity contribution in [2.45, 2.75) is 19.4 Å². The number of amides is 1. The van der Waals surface area contributed by atoms with E-state index in [4.69, 9.17) is 0 Å². The number of phenols is 3. The van der Waals surface area contributed by atoms with Gasteiger partial charge in [0, 0.05) is 25.9 Å². The molecule has 3 rings (SSSR count). The summed E-state index contributed by atoms with van der Waals surface area (Å²) in [6.07, 6.45) is 0.982. The molecule has 0 spiro atoms. The maximum Gasteiger partial charge on any atom is 0.229 e. The van der Waals surface area contributed by atoms with Crippen molar-refractivity contribution in [3.8, 4) is 17.2 Å². The fraction of sp³-hybridized carbons (Fsp3) is 0.278. The smallest absolute Gasteiger partial charge is 0.229 e. The second-order valence-corrected chi connectivity index (χ2v) is 8.39. The second kappa shape index (κ2) is 6.66. The lowest BCUT2D eigenvalue weighted by Crippen LogP contribution is -2.37. The summed E-state index contributed by atoms with van der Waals surface area (Å²) in [5.74, 6) is -1.28. The number of phenolic OH excluding ortho intramolecular Hbond substituents is 3. The molecule has 1 unspecified atom stereocenters. The van der Waals surface area contributed by atoms with Crippen LogP contribution in [0.15, 0.2) is 30.3 Å². The van der Waals surface area contributed by atoms with Crippen molar-refractivity contribution in [1.29, 1.82) is 0 Å². The van der Waals surface area contributed by atoms with Gasteiger partial charge in [0.05, 0.1) is 11.9 Å². The highest BCUT2D eigenvalue weighted by atomic mass is 32.2. The maximum atomic E-state index is 12.0. The number of fused-ring (bicyclic) bond motifs is 1. The fourth-order valence-electron chi connectivity index (χ4n) is 3.26. The molecule has 1 aliphatic rings. The Hall–Kier alpha value is -2.94. The number of hydrogen-bond donors (Lipinski definition) is 4. The van der Waals surface area contributed by atoms with E-state index in [0.29, 0.717) is 23.2 Å². The van der Waals surface area contributed by atoms with Crippen LogP contribution >= 0.6 is 0 Å². The molecule has 1 aliphatic heterocycles. The summed E-state index contributed by atoms with van der Waals surface area (Å²) in [4.78, 5) is 13.6. The van der Waals surface area contributed by atoms with Crippen LogP contribution in [0.4, 0.5) is 5.69 Å². The zero-order valence-electron chi connectivity index (χ0n) is 14.8. The quantitative estimate of drug-likeness (QED) is 0.589.